The molecule has 1 aliphatic rings. The van der Waals surface area contributed by atoms with E-state index in [0.717, 1.165) is 38.0 Å². The Morgan fingerprint density at radius 3 is 2.41 bits per heavy atom. The van der Waals surface area contributed by atoms with Crippen LogP contribution in [-0.4, -0.2) is 28.6 Å². The maximum absolute atomic E-state index is 12.1. The van der Waals surface area contributed by atoms with Gasteiger partial charge in [0.2, 0.25) is 0 Å². The van der Waals surface area contributed by atoms with Crippen molar-refractivity contribution in [3.8, 4) is 0 Å². The third-order valence-corrected chi connectivity index (χ3v) is 4.21. The zero-order valence-electron chi connectivity index (χ0n) is 12.7. The summed E-state index contributed by atoms with van der Waals surface area (Å²) in [6, 6.07) is 13.9. The third-order valence-electron chi connectivity index (χ3n) is 4.21. The number of rotatable bonds is 4. The van der Waals surface area contributed by atoms with Crippen LogP contribution >= 0.6 is 0 Å². The molecule has 0 spiro atoms. The molecule has 2 aromatic rings. The van der Waals surface area contributed by atoms with Gasteiger partial charge in [-0.3, -0.25) is 0 Å². The van der Waals surface area contributed by atoms with Crippen LogP contribution in [0, 0.1) is 5.92 Å². The van der Waals surface area contributed by atoms with Gasteiger partial charge in [-0.05, 0) is 36.5 Å². The number of benzene rings is 1. The number of nitrogens with zero attached hydrogens (tertiary/aromatic N) is 2. The van der Waals surface area contributed by atoms with Gasteiger partial charge < -0.3 is 14.2 Å². The van der Waals surface area contributed by atoms with Crippen LogP contribution in [-0.2, 0) is 17.9 Å². The molecule has 1 fully saturated rings. The second-order valence-corrected chi connectivity index (χ2v) is 5.85. The number of amides is 1. The Morgan fingerprint density at radius 1 is 1.05 bits per heavy atom. The van der Waals surface area contributed by atoms with Crippen molar-refractivity contribution >= 4 is 6.09 Å². The Labute approximate surface area is 131 Å². The number of carbonyl (C=O) groups excluding carboxylic acids is 1. The van der Waals surface area contributed by atoms with Crippen molar-refractivity contribution in [2.45, 2.75) is 26.0 Å². The summed E-state index contributed by atoms with van der Waals surface area (Å²) in [5.74, 6) is 0.644. The first-order valence-electron chi connectivity index (χ1n) is 7.87. The topological polar surface area (TPSA) is 34.5 Å². The SMILES string of the molecule is O=C(OCc1ccccc1)N1CCC(Cn2cccc2)CC1. The molecule has 2 heterocycles. The zero-order valence-corrected chi connectivity index (χ0v) is 12.7. The first kappa shape index (κ1) is 14.7. The van der Waals surface area contributed by atoms with Crippen LogP contribution in [0.25, 0.3) is 0 Å². The van der Waals surface area contributed by atoms with E-state index in [4.69, 9.17) is 4.74 Å². The Hall–Kier alpha value is -2.23. The number of aromatic nitrogens is 1. The second kappa shape index (κ2) is 7.16. The molecule has 1 aliphatic heterocycles. The monoisotopic (exact) mass is 298 g/mol. The van der Waals surface area contributed by atoms with Gasteiger partial charge in [0.15, 0.2) is 0 Å². The minimum atomic E-state index is -0.191. The fraction of sp³-hybridized carbons (Fsp3) is 0.389. The minimum Gasteiger partial charge on any atom is -0.445 e. The first-order valence-corrected chi connectivity index (χ1v) is 7.87. The number of hydrogen-bond acceptors (Lipinski definition) is 2. The largest absolute Gasteiger partial charge is 0.445 e. The lowest BCUT2D eigenvalue weighted by Gasteiger charge is -2.31. The third kappa shape index (κ3) is 3.91. The molecule has 116 valence electrons. The molecule has 1 aromatic heterocycles. The van der Waals surface area contributed by atoms with E-state index in [1.165, 1.54) is 0 Å². The molecule has 0 radical (unpaired) electrons. The number of ether oxygens (including phenoxy) is 1. The maximum Gasteiger partial charge on any atom is 0.410 e. The predicted octanol–water partition coefficient (Wildman–Crippen LogP) is 3.54. The van der Waals surface area contributed by atoms with Crippen LogP contribution in [0.3, 0.4) is 0 Å². The first-order chi connectivity index (χ1) is 10.8. The van der Waals surface area contributed by atoms with Crippen molar-refractivity contribution in [2.75, 3.05) is 13.1 Å². The predicted molar refractivity (Wildman–Crippen MR) is 85.4 cm³/mol. The lowest BCUT2D eigenvalue weighted by atomic mass is 9.97. The lowest BCUT2D eigenvalue weighted by Crippen LogP contribution is -2.39. The van der Waals surface area contributed by atoms with Gasteiger partial charge >= 0.3 is 6.09 Å². The van der Waals surface area contributed by atoms with E-state index in [0.29, 0.717) is 12.5 Å². The number of likely N-dealkylation sites (tertiary alicyclic amines) is 1. The molecule has 3 rings (SSSR count). The molecule has 0 atom stereocenters. The van der Waals surface area contributed by atoms with E-state index in [2.05, 4.69) is 29.1 Å². The normalized spacial score (nSPS) is 15.7. The van der Waals surface area contributed by atoms with Crippen molar-refractivity contribution in [3.63, 3.8) is 0 Å². The average Bonchev–Trinajstić information content (AvgIpc) is 3.07. The lowest BCUT2D eigenvalue weighted by molar-refractivity contribution is 0.0807. The van der Waals surface area contributed by atoms with Crippen molar-refractivity contribution in [2.24, 2.45) is 5.92 Å². The van der Waals surface area contributed by atoms with E-state index in [-0.39, 0.29) is 6.09 Å². The number of carbonyl (C=O) groups is 1. The van der Waals surface area contributed by atoms with Gasteiger partial charge in [0.25, 0.3) is 0 Å². The van der Waals surface area contributed by atoms with E-state index in [1.807, 2.05) is 35.2 Å². The average molecular weight is 298 g/mol. The van der Waals surface area contributed by atoms with Crippen molar-refractivity contribution in [1.82, 2.24) is 9.47 Å². The number of piperidine rings is 1. The molecule has 22 heavy (non-hydrogen) atoms. The molecule has 0 unspecified atom stereocenters. The second-order valence-electron chi connectivity index (χ2n) is 5.85. The van der Waals surface area contributed by atoms with Gasteiger partial charge in [0.05, 0.1) is 0 Å². The minimum absolute atomic E-state index is 0.191. The molecule has 1 aromatic carbocycles. The van der Waals surface area contributed by atoms with E-state index in [1.54, 1.807) is 0 Å². The highest BCUT2D eigenvalue weighted by atomic mass is 16.6. The van der Waals surface area contributed by atoms with Gasteiger partial charge in [0.1, 0.15) is 6.61 Å². The standard InChI is InChI=1S/C18H22N2O2/c21-18(22-15-17-6-2-1-3-7-17)20-12-8-16(9-13-20)14-19-10-4-5-11-19/h1-7,10-11,16H,8-9,12-15H2. The molecular weight excluding hydrogens is 276 g/mol. The molecule has 4 heteroatoms. The Kier molecular flexibility index (Phi) is 4.78. The molecule has 0 aliphatic carbocycles. The highest BCUT2D eigenvalue weighted by Crippen LogP contribution is 2.20. The maximum atomic E-state index is 12.1. The molecule has 0 saturated carbocycles. The van der Waals surface area contributed by atoms with Crippen molar-refractivity contribution in [3.05, 3.63) is 60.4 Å². The van der Waals surface area contributed by atoms with E-state index in [9.17, 15) is 4.79 Å². The van der Waals surface area contributed by atoms with Crippen LogP contribution in [0.5, 0.6) is 0 Å². The Morgan fingerprint density at radius 2 is 1.73 bits per heavy atom. The summed E-state index contributed by atoms with van der Waals surface area (Å²) in [4.78, 5) is 13.9. The van der Waals surface area contributed by atoms with Gasteiger partial charge in [-0.2, -0.15) is 0 Å². The van der Waals surface area contributed by atoms with Crippen LogP contribution in [0.2, 0.25) is 0 Å². The number of hydrogen-bond donors (Lipinski definition) is 0. The fourth-order valence-corrected chi connectivity index (χ4v) is 2.90. The van der Waals surface area contributed by atoms with Crippen molar-refractivity contribution in [1.29, 1.82) is 0 Å². The highest BCUT2D eigenvalue weighted by molar-refractivity contribution is 5.67. The van der Waals surface area contributed by atoms with E-state index < -0.39 is 0 Å². The molecule has 1 saturated heterocycles. The van der Waals surface area contributed by atoms with Crippen LogP contribution in [0.4, 0.5) is 4.79 Å². The summed E-state index contributed by atoms with van der Waals surface area (Å²) in [7, 11) is 0. The molecule has 4 nitrogen and oxygen atoms in total. The highest BCUT2D eigenvalue weighted by Gasteiger charge is 2.23. The van der Waals surface area contributed by atoms with E-state index >= 15 is 0 Å². The van der Waals surface area contributed by atoms with Crippen LogP contribution in [0.15, 0.2) is 54.9 Å². The molecule has 1 amide bonds. The van der Waals surface area contributed by atoms with Gasteiger partial charge in [-0.15, -0.1) is 0 Å². The molecular formula is C18H22N2O2. The summed E-state index contributed by atoms with van der Waals surface area (Å²) in [6.45, 7) is 2.97. The fourth-order valence-electron chi connectivity index (χ4n) is 2.90. The Bertz CT molecular complexity index is 572. The quantitative estimate of drug-likeness (QED) is 0.865. The van der Waals surface area contributed by atoms with Crippen LogP contribution in [0.1, 0.15) is 18.4 Å². The summed E-state index contributed by atoms with van der Waals surface area (Å²) >= 11 is 0. The molecule has 0 bridgehead atoms. The summed E-state index contributed by atoms with van der Waals surface area (Å²) < 4.78 is 7.61. The summed E-state index contributed by atoms with van der Waals surface area (Å²) in [5, 5.41) is 0. The van der Waals surface area contributed by atoms with Gasteiger partial charge in [-0.25, -0.2) is 4.79 Å². The summed E-state index contributed by atoms with van der Waals surface area (Å²) in [6.07, 6.45) is 6.08. The Balaban J connectivity index is 1.42. The smallest absolute Gasteiger partial charge is 0.410 e. The van der Waals surface area contributed by atoms with Crippen molar-refractivity contribution < 1.29 is 9.53 Å². The van der Waals surface area contributed by atoms with Gasteiger partial charge in [-0.1, -0.05) is 30.3 Å². The van der Waals surface area contributed by atoms with Gasteiger partial charge in [0, 0.05) is 32.0 Å². The van der Waals surface area contributed by atoms with Crippen LogP contribution < -0.4 is 0 Å². The zero-order chi connectivity index (χ0) is 15.2. The molecule has 0 N–H and O–H groups in total. The summed E-state index contributed by atoms with van der Waals surface area (Å²) in [5.41, 5.74) is 1.03.